The fourth-order valence-corrected chi connectivity index (χ4v) is 2.13. The number of para-hydroxylation sites is 2. The molecule has 0 atom stereocenters. The molecule has 0 aliphatic heterocycles. The summed E-state index contributed by atoms with van der Waals surface area (Å²) in [6, 6.07) is 7.62. The summed E-state index contributed by atoms with van der Waals surface area (Å²) in [6.45, 7) is 2.42. The zero-order valence-electron chi connectivity index (χ0n) is 12.3. The number of fused-ring (bicyclic) bond motifs is 1. The molecule has 1 N–H and O–H groups in total. The molecule has 1 aromatic heterocycles. The third-order valence-electron chi connectivity index (χ3n) is 3.24. The van der Waals surface area contributed by atoms with E-state index in [-0.39, 0.29) is 18.4 Å². The summed E-state index contributed by atoms with van der Waals surface area (Å²) in [6.07, 6.45) is 1.02. The highest BCUT2D eigenvalue weighted by molar-refractivity contribution is 5.79. The molecule has 21 heavy (non-hydrogen) atoms. The zero-order chi connectivity index (χ0) is 15.2. The Kier molecular flexibility index (Phi) is 4.92. The highest BCUT2D eigenvalue weighted by Gasteiger charge is 2.13. The van der Waals surface area contributed by atoms with Gasteiger partial charge in [0.2, 0.25) is 5.91 Å². The largest absolute Gasteiger partial charge is 0.468 e. The van der Waals surface area contributed by atoms with Crippen LogP contribution in [-0.2, 0) is 27.3 Å². The van der Waals surface area contributed by atoms with Crippen molar-refractivity contribution < 1.29 is 14.3 Å². The van der Waals surface area contributed by atoms with Crippen LogP contribution in [0.1, 0.15) is 19.2 Å². The van der Waals surface area contributed by atoms with Crippen LogP contribution < -0.4 is 5.32 Å². The number of carbonyl (C=O) groups excluding carboxylic acids is 2. The molecule has 0 saturated carbocycles. The topological polar surface area (TPSA) is 73.2 Å². The van der Waals surface area contributed by atoms with Crippen molar-refractivity contribution in [1.82, 2.24) is 14.9 Å². The average Bonchev–Trinajstić information content (AvgIpc) is 2.85. The lowest BCUT2D eigenvalue weighted by Gasteiger charge is -2.08. The van der Waals surface area contributed by atoms with Gasteiger partial charge in [0.1, 0.15) is 12.4 Å². The van der Waals surface area contributed by atoms with Gasteiger partial charge in [-0.05, 0) is 12.1 Å². The number of esters is 1. The van der Waals surface area contributed by atoms with Gasteiger partial charge in [0.25, 0.3) is 0 Å². The number of nitrogens with one attached hydrogen (secondary N) is 1. The molecule has 0 unspecified atom stereocenters. The van der Waals surface area contributed by atoms with Crippen LogP contribution in [0.2, 0.25) is 0 Å². The van der Waals surface area contributed by atoms with Crippen LogP contribution in [0.4, 0.5) is 0 Å². The predicted molar refractivity (Wildman–Crippen MR) is 78.8 cm³/mol. The second-order valence-corrected chi connectivity index (χ2v) is 4.63. The molecule has 6 heteroatoms. The first-order valence-electron chi connectivity index (χ1n) is 6.93. The third kappa shape index (κ3) is 3.59. The Balaban J connectivity index is 2.22. The lowest BCUT2D eigenvalue weighted by molar-refractivity contribution is -0.141. The maximum absolute atomic E-state index is 11.6. The first-order chi connectivity index (χ1) is 10.2. The van der Waals surface area contributed by atoms with E-state index in [2.05, 4.69) is 10.3 Å². The molecule has 0 saturated heterocycles. The van der Waals surface area contributed by atoms with Crippen LogP contribution in [-0.4, -0.2) is 35.1 Å². The molecule has 1 aromatic carbocycles. The average molecular weight is 289 g/mol. The Morgan fingerprint density at radius 1 is 1.33 bits per heavy atom. The summed E-state index contributed by atoms with van der Waals surface area (Å²) in [4.78, 5) is 27.4. The van der Waals surface area contributed by atoms with Crippen LogP contribution >= 0.6 is 0 Å². The predicted octanol–water partition coefficient (Wildman–Crippen LogP) is 1.28. The van der Waals surface area contributed by atoms with Gasteiger partial charge >= 0.3 is 5.97 Å². The molecule has 1 amide bonds. The lowest BCUT2D eigenvalue weighted by Crippen LogP contribution is -2.26. The van der Waals surface area contributed by atoms with E-state index in [0.717, 1.165) is 16.9 Å². The van der Waals surface area contributed by atoms with Gasteiger partial charge in [0, 0.05) is 19.4 Å². The molecule has 6 nitrogen and oxygen atoms in total. The van der Waals surface area contributed by atoms with Crippen molar-refractivity contribution in [2.24, 2.45) is 0 Å². The molecule has 0 radical (unpaired) electrons. The highest BCUT2D eigenvalue weighted by atomic mass is 16.5. The molecule has 0 fully saturated rings. The van der Waals surface area contributed by atoms with Gasteiger partial charge in [0.05, 0.1) is 18.1 Å². The summed E-state index contributed by atoms with van der Waals surface area (Å²) in [5.74, 6) is 0.445. The van der Waals surface area contributed by atoms with Crippen molar-refractivity contribution in [3.8, 4) is 0 Å². The summed E-state index contributed by atoms with van der Waals surface area (Å²) in [7, 11) is 1.36. The van der Waals surface area contributed by atoms with Crippen LogP contribution in [0.5, 0.6) is 0 Å². The number of ether oxygens (including phenoxy) is 1. The van der Waals surface area contributed by atoms with E-state index < -0.39 is 0 Å². The number of aromatic nitrogens is 2. The molecule has 2 rings (SSSR count). The zero-order valence-corrected chi connectivity index (χ0v) is 12.3. The molecule has 0 spiro atoms. The Morgan fingerprint density at radius 3 is 2.81 bits per heavy atom. The lowest BCUT2D eigenvalue weighted by atomic mass is 10.3. The van der Waals surface area contributed by atoms with Gasteiger partial charge in [-0.3, -0.25) is 9.59 Å². The normalized spacial score (nSPS) is 10.6. The summed E-state index contributed by atoms with van der Waals surface area (Å²) in [5, 5.41) is 2.81. The van der Waals surface area contributed by atoms with Crippen molar-refractivity contribution in [3.63, 3.8) is 0 Å². The van der Waals surface area contributed by atoms with Gasteiger partial charge in [-0.25, -0.2) is 4.98 Å². The second kappa shape index (κ2) is 6.88. The van der Waals surface area contributed by atoms with E-state index in [9.17, 15) is 9.59 Å². The SMILES string of the molecule is CCC(=O)NCCc1nc2ccccc2n1CC(=O)OC. The first kappa shape index (κ1) is 15.0. The van der Waals surface area contributed by atoms with E-state index >= 15 is 0 Å². The first-order valence-corrected chi connectivity index (χ1v) is 6.93. The van der Waals surface area contributed by atoms with Gasteiger partial charge in [0.15, 0.2) is 0 Å². The van der Waals surface area contributed by atoms with E-state index in [1.165, 1.54) is 7.11 Å². The second-order valence-electron chi connectivity index (χ2n) is 4.63. The minimum absolute atomic E-state index is 0.00521. The number of imidazole rings is 1. The van der Waals surface area contributed by atoms with Gasteiger partial charge < -0.3 is 14.6 Å². The number of amides is 1. The molecule has 2 aromatic rings. The number of hydrogen-bond donors (Lipinski definition) is 1. The number of rotatable bonds is 6. The smallest absolute Gasteiger partial charge is 0.325 e. The summed E-state index contributed by atoms with van der Waals surface area (Å²) >= 11 is 0. The van der Waals surface area contributed by atoms with Crippen molar-refractivity contribution in [2.75, 3.05) is 13.7 Å². The van der Waals surface area contributed by atoms with E-state index in [1.54, 1.807) is 0 Å². The van der Waals surface area contributed by atoms with Crippen molar-refractivity contribution in [1.29, 1.82) is 0 Å². The van der Waals surface area contributed by atoms with E-state index in [1.807, 2.05) is 35.8 Å². The Bertz CT molecular complexity index is 649. The van der Waals surface area contributed by atoms with Crippen molar-refractivity contribution >= 4 is 22.9 Å². The molecule has 0 aliphatic rings. The van der Waals surface area contributed by atoms with Crippen LogP contribution in [0.25, 0.3) is 11.0 Å². The monoisotopic (exact) mass is 289 g/mol. The quantitative estimate of drug-likeness (QED) is 0.813. The van der Waals surface area contributed by atoms with Gasteiger partial charge in [-0.15, -0.1) is 0 Å². The maximum atomic E-state index is 11.6. The summed E-state index contributed by atoms with van der Waals surface area (Å²) in [5.41, 5.74) is 1.72. The maximum Gasteiger partial charge on any atom is 0.325 e. The summed E-state index contributed by atoms with van der Waals surface area (Å²) < 4.78 is 6.56. The fraction of sp³-hybridized carbons (Fsp3) is 0.400. The van der Waals surface area contributed by atoms with Crippen LogP contribution in [0, 0.1) is 0 Å². The number of methoxy groups -OCH3 is 1. The highest BCUT2D eigenvalue weighted by Crippen LogP contribution is 2.16. The van der Waals surface area contributed by atoms with Gasteiger partial charge in [-0.2, -0.15) is 0 Å². The minimum atomic E-state index is -0.322. The number of hydrogen-bond acceptors (Lipinski definition) is 4. The Hall–Kier alpha value is -2.37. The molecule has 0 bridgehead atoms. The fourth-order valence-electron chi connectivity index (χ4n) is 2.13. The molecule has 112 valence electrons. The van der Waals surface area contributed by atoms with Crippen LogP contribution in [0.15, 0.2) is 24.3 Å². The van der Waals surface area contributed by atoms with E-state index in [0.29, 0.717) is 19.4 Å². The molecule has 1 heterocycles. The van der Waals surface area contributed by atoms with Crippen molar-refractivity contribution in [2.45, 2.75) is 26.3 Å². The van der Waals surface area contributed by atoms with Gasteiger partial charge in [-0.1, -0.05) is 19.1 Å². The van der Waals surface area contributed by atoms with E-state index in [4.69, 9.17) is 4.74 Å². The van der Waals surface area contributed by atoms with Crippen molar-refractivity contribution in [3.05, 3.63) is 30.1 Å². The molecular formula is C15H19N3O3. The molecule has 0 aliphatic carbocycles. The molecular weight excluding hydrogens is 270 g/mol. The Labute approximate surface area is 123 Å². The van der Waals surface area contributed by atoms with Crippen LogP contribution in [0.3, 0.4) is 0 Å². The standard InChI is InChI=1S/C15H19N3O3/c1-3-14(19)16-9-8-13-17-11-6-4-5-7-12(11)18(13)10-15(20)21-2/h4-7H,3,8-10H2,1-2H3,(H,16,19). The minimum Gasteiger partial charge on any atom is -0.468 e. The number of benzene rings is 1. The third-order valence-corrected chi connectivity index (χ3v) is 3.24. The number of nitrogens with zero attached hydrogens (tertiary/aromatic N) is 2. The number of carbonyl (C=O) groups is 2. The Morgan fingerprint density at radius 2 is 2.10 bits per heavy atom.